The van der Waals surface area contributed by atoms with Crippen molar-refractivity contribution in [2.75, 3.05) is 0 Å². The van der Waals surface area contributed by atoms with E-state index in [1.165, 1.54) is 6.92 Å². The average Bonchev–Trinajstić information content (AvgIpc) is 1.82. The third-order valence-corrected chi connectivity index (χ3v) is 1.30. The number of nitrogens with zero attached hydrogens (tertiary/aromatic N) is 1. The van der Waals surface area contributed by atoms with Gasteiger partial charge < -0.3 is 11.1 Å². The number of rotatable bonds is 0. The molecule has 0 saturated heterocycles. The normalized spacial score (nSPS) is 24.2. The fourth-order valence-electron chi connectivity index (χ4n) is 0.871. The van der Waals surface area contributed by atoms with Gasteiger partial charge in [0.2, 0.25) is 0 Å². The molecule has 0 aromatic rings. The first-order valence-corrected chi connectivity index (χ1v) is 3.28. The summed E-state index contributed by atoms with van der Waals surface area (Å²) in [5.41, 5.74) is 4.30. The van der Waals surface area contributed by atoms with Crippen LogP contribution in [0.15, 0.2) is 16.8 Å². The second kappa shape index (κ2) is 2.69. The van der Waals surface area contributed by atoms with E-state index in [0.717, 1.165) is 6.08 Å². The van der Waals surface area contributed by atoms with Gasteiger partial charge in [-0.25, -0.2) is 4.99 Å². The molecule has 1 rings (SSSR count). The highest BCUT2D eigenvalue weighted by Gasteiger charge is 2.35. The first-order valence-electron chi connectivity index (χ1n) is 3.28. The molecule has 6 heteroatoms. The first-order chi connectivity index (χ1) is 5.39. The number of nitrogens with two attached hydrogens (primary N) is 1. The van der Waals surface area contributed by atoms with Crippen LogP contribution >= 0.6 is 0 Å². The number of hydrogen-bond acceptors (Lipinski definition) is 3. The van der Waals surface area contributed by atoms with Crippen molar-refractivity contribution in [1.29, 1.82) is 0 Å². The zero-order chi connectivity index (χ0) is 9.35. The van der Waals surface area contributed by atoms with E-state index in [0.29, 0.717) is 0 Å². The molecule has 3 N–H and O–H groups in total. The third-order valence-electron chi connectivity index (χ3n) is 1.30. The number of aliphatic imine (C=N–C) groups is 1. The molecule has 0 aromatic carbocycles. The number of nitrogens with one attached hydrogen (secondary N) is 1. The molecule has 1 aliphatic rings. The van der Waals surface area contributed by atoms with E-state index in [2.05, 4.69) is 10.3 Å². The van der Waals surface area contributed by atoms with Gasteiger partial charge >= 0.3 is 6.18 Å². The van der Waals surface area contributed by atoms with Crippen LogP contribution in [0.4, 0.5) is 13.2 Å². The largest absolute Gasteiger partial charge is 0.431 e. The Morgan fingerprint density at radius 3 is 2.58 bits per heavy atom. The highest BCUT2D eigenvalue weighted by atomic mass is 19.4. The van der Waals surface area contributed by atoms with Crippen molar-refractivity contribution in [3.63, 3.8) is 0 Å². The zero-order valence-electron chi connectivity index (χ0n) is 6.31. The van der Waals surface area contributed by atoms with Crippen molar-refractivity contribution >= 4 is 5.84 Å². The Bertz CT molecular complexity index is 241. The maximum Gasteiger partial charge on any atom is 0.431 e. The maximum atomic E-state index is 12.0. The van der Waals surface area contributed by atoms with Crippen LogP contribution < -0.4 is 11.1 Å². The Balaban J connectivity index is 2.87. The fraction of sp³-hybridized carbons (Fsp3) is 0.500. The lowest BCUT2D eigenvalue weighted by Crippen LogP contribution is -2.37. The Labute approximate surface area is 67.2 Å². The molecular formula is C6H8F3N3. The molecule has 1 unspecified atom stereocenters. The standard InChI is InChI=1S/C6H8F3N3/c1-3-11-4(6(7,8)9)2-5(10)12-3/h2-3,11H,1H3,(H2,10,12). The highest BCUT2D eigenvalue weighted by molar-refractivity contribution is 5.92. The number of alkyl halides is 3. The van der Waals surface area contributed by atoms with Crippen LogP contribution in [-0.2, 0) is 0 Å². The van der Waals surface area contributed by atoms with Crippen molar-refractivity contribution in [3.8, 4) is 0 Å². The van der Waals surface area contributed by atoms with E-state index < -0.39 is 18.0 Å². The molecule has 68 valence electrons. The predicted molar refractivity (Wildman–Crippen MR) is 38.4 cm³/mol. The van der Waals surface area contributed by atoms with Crippen molar-refractivity contribution in [3.05, 3.63) is 11.8 Å². The average molecular weight is 179 g/mol. The number of hydrogen-bond donors (Lipinski definition) is 2. The number of allylic oxidation sites excluding steroid dienone is 1. The van der Waals surface area contributed by atoms with Crippen molar-refractivity contribution in [2.45, 2.75) is 19.3 Å². The maximum absolute atomic E-state index is 12.0. The molecule has 0 aliphatic carbocycles. The zero-order valence-corrected chi connectivity index (χ0v) is 6.31. The molecule has 0 radical (unpaired) electrons. The van der Waals surface area contributed by atoms with Crippen molar-refractivity contribution in [2.24, 2.45) is 10.7 Å². The molecule has 0 aromatic heterocycles. The summed E-state index contributed by atoms with van der Waals surface area (Å²) in [6.07, 6.45) is -4.22. The van der Waals surface area contributed by atoms with Gasteiger partial charge in [-0.1, -0.05) is 0 Å². The SMILES string of the molecule is CC1N=C(N)C=C(C(F)(F)F)N1. The van der Waals surface area contributed by atoms with Crippen molar-refractivity contribution < 1.29 is 13.2 Å². The Morgan fingerprint density at radius 2 is 2.17 bits per heavy atom. The lowest BCUT2D eigenvalue weighted by atomic mass is 10.3. The van der Waals surface area contributed by atoms with Crippen LogP contribution in [0.5, 0.6) is 0 Å². The van der Waals surface area contributed by atoms with Gasteiger partial charge in [-0.05, 0) is 6.92 Å². The summed E-state index contributed by atoms with van der Waals surface area (Å²) in [5, 5.41) is 2.16. The summed E-state index contributed by atoms with van der Waals surface area (Å²) in [4.78, 5) is 3.65. The second-order valence-corrected chi connectivity index (χ2v) is 2.43. The van der Waals surface area contributed by atoms with Gasteiger partial charge in [0, 0.05) is 6.08 Å². The lowest BCUT2D eigenvalue weighted by Gasteiger charge is -2.20. The molecule has 0 amide bonds. The molecular weight excluding hydrogens is 171 g/mol. The van der Waals surface area contributed by atoms with Gasteiger partial charge in [0.1, 0.15) is 17.7 Å². The lowest BCUT2D eigenvalue weighted by molar-refractivity contribution is -0.0977. The van der Waals surface area contributed by atoms with Crippen LogP contribution in [0.2, 0.25) is 0 Å². The van der Waals surface area contributed by atoms with E-state index in [1.54, 1.807) is 0 Å². The Kier molecular flexibility index (Phi) is 1.99. The van der Waals surface area contributed by atoms with Crippen LogP contribution in [0.25, 0.3) is 0 Å². The summed E-state index contributed by atoms with van der Waals surface area (Å²) >= 11 is 0. The van der Waals surface area contributed by atoms with Crippen LogP contribution in [0.3, 0.4) is 0 Å². The molecule has 0 saturated carbocycles. The molecule has 0 bridgehead atoms. The molecule has 0 fully saturated rings. The highest BCUT2D eigenvalue weighted by Crippen LogP contribution is 2.24. The molecule has 1 heterocycles. The fourth-order valence-corrected chi connectivity index (χ4v) is 0.871. The minimum absolute atomic E-state index is 0.103. The summed E-state index contributed by atoms with van der Waals surface area (Å²) in [5.74, 6) is -0.103. The number of amidine groups is 1. The number of halogens is 3. The second-order valence-electron chi connectivity index (χ2n) is 2.43. The van der Waals surface area contributed by atoms with Gasteiger partial charge in [0.15, 0.2) is 0 Å². The first kappa shape index (κ1) is 8.89. The summed E-state index contributed by atoms with van der Waals surface area (Å²) in [6.45, 7) is 1.49. The Hall–Kier alpha value is -1.20. The summed E-state index contributed by atoms with van der Waals surface area (Å²) < 4.78 is 36.1. The summed E-state index contributed by atoms with van der Waals surface area (Å²) in [7, 11) is 0. The third kappa shape index (κ3) is 1.90. The molecule has 3 nitrogen and oxygen atoms in total. The minimum atomic E-state index is -4.38. The van der Waals surface area contributed by atoms with E-state index >= 15 is 0 Å². The smallest absolute Gasteiger partial charge is 0.384 e. The van der Waals surface area contributed by atoms with Crippen molar-refractivity contribution in [1.82, 2.24) is 5.32 Å². The van der Waals surface area contributed by atoms with Crippen LogP contribution in [0.1, 0.15) is 6.92 Å². The quantitative estimate of drug-likeness (QED) is 0.576. The van der Waals surface area contributed by atoms with Gasteiger partial charge in [-0.3, -0.25) is 0 Å². The van der Waals surface area contributed by atoms with E-state index in [1.807, 2.05) is 0 Å². The van der Waals surface area contributed by atoms with Crippen LogP contribution in [-0.4, -0.2) is 18.2 Å². The van der Waals surface area contributed by atoms with Gasteiger partial charge in [-0.2, -0.15) is 13.2 Å². The summed E-state index contributed by atoms with van der Waals surface area (Å²) in [6, 6.07) is 0. The van der Waals surface area contributed by atoms with Gasteiger partial charge in [-0.15, -0.1) is 0 Å². The van der Waals surface area contributed by atoms with E-state index in [-0.39, 0.29) is 5.84 Å². The van der Waals surface area contributed by atoms with E-state index in [9.17, 15) is 13.2 Å². The molecule has 12 heavy (non-hydrogen) atoms. The van der Waals surface area contributed by atoms with Gasteiger partial charge in [0.05, 0.1) is 0 Å². The van der Waals surface area contributed by atoms with Crippen LogP contribution in [0, 0.1) is 0 Å². The molecule has 0 spiro atoms. The monoisotopic (exact) mass is 179 g/mol. The topological polar surface area (TPSA) is 50.4 Å². The predicted octanol–water partition coefficient (Wildman–Crippen LogP) is 0.739. The van der Waals surface area contributed by atoms with Gasteiger partial charge in [0.25, 0.3) is 0 Å². The Morgan fingerprint density at radius 1 is 1.58 bits per heavy atom. The van der Waals surface area contributed by atoms with E-state index in [4.69, 9.17) is 5.73 Å². The molecule has 1 aliphatic heterocycles. The minimum Gasteiger partial charge on any atom is -0.384 e. The molecule has 1 atom stereocenters.